The lowest BCUT2D eigenvalue weighted by molar-refractivity contribution is 0.0885. The van der Waals surface area contributed by atoms with Crippen molar-refractivity contribution in [3.8, 4) is 5.75 Å². The van der Waals surface area contributed by atoms with E-state index >= 15 is 0 Å². The van der Waals surface area contributed by atoms with Crippen LogP contribution in [0.5, 0.6) is 5.75 Å². The summed E-state index contributed by atoms with van der Waals surface area (Å²) in [6.45, 7) is 15.7. The Morgan fingerprint density at radius 2 is 1.48 bits per heavy atom. The lowest BCUT2D eigenvalue weighted by Crippen LogP contribution is -2.21. The molecule has 0 saturated heterocycles. The number of hydrogen-bond donors (Lipinski definition) is 2. The van der Waals surface area contributed by atoms with Gasteiger partial charge in [-0.15, -0.1) is 0 Å². The van der Waals surface area contributed by atoms with E-state index in [0.717, 1.165) is 12.2 Å². The van der Waals surface area contributed by atoms with Crippen molar-refractivity contribution in [3.63, 3.8) is 0 Å². The van der Waals surface area contributed by atoms with E-state index in [1.807, 2.05) is 6.92 Å². The quantitative estimate of drug-likeness (QED) is 0.833. The molecule has 0 spiro atoms. The molecule has 1 aromatic rings. The molecular weight excluding hydrogens is 288 g/mol. The van der Waals surface area contributed by atoms with Crippen LogP contribution in [0.15, 0.2) is 12.1 Å². The minimum atomic E-state index is -0.655. The molecule has 0 amide bonds. The maximum Gasteiger partial charge on any atom is 0.126 e. The predicted octanol–water partition coefficient (Wildman–Crippen LogP) is 3.97. The standard InChI is InChI=1S/C20H34O3/c1-8-23-18-16(19(2,3)4)11-14(9-10-15(22)13-21)12-17(18)20(5,6)7/h11-12,15,21-22H,8-10,13H2,1-7H3. The van der Waals surface area contributed by atoms with Gasteiger partial charge >= 0.3 is 0 Å². The molecule has 0 aliphatic rings. The molecular formula is C20H34O3. The van der Waals surface area contributed by atoms with Crippen LogP contribution < -0.4 is 4.74 Å². The third-order valence-electron chi connectivity index (χ3n) is 4.03. The van der Waals surface area contributed by atoms with Gasteiger partial charge in [-0.1, -0.05) is 53.7 Å². The molecule has 1 aromatic carbocycles. The topological polar surface area (TPSA) is 49.7 Å². The van der Waals surface area contributed by atoms with Crippen LogP contribution in [0.25, 0.3) is 0 Å². The van der Waals surface area contributed by atoms with Gasteiger partial charge in [-0.2, -0.15) is 0 Å². The van der Waals surface area contributed by atoms with Crippen LogP contribution in [0.4, 0.5) is 0 Å². The van der Waals surface area contributed by atoms with Gasteiger partial charge in [0.05, 0.1) is 19.3 Å². The van der Waals surface area contributed by atoms with Crippen molar-refractivity contribution in [2.75, 3.05) is 13.2 Å². The van der Waals surface area contributed by atoms with Gasteiger partial charge in [0.2, 0.25) is 0 Å². The second-order valence-corrected chi connectivity index (χ2v) is 8.33. The van der Waals surface area contributed by atoms with Crippen molar-refractivity contribution in [2.24, 2.45) is 0 Å². The first-order valence-corrected chi connectivity index (χ1v) is 8.60. The van der Waals surface area contributed by atoms with Crippen LogP contribution in [0, 0.1) is 0 Å². The number of aryl methyl sites for hydroxylation is 1. The molecule has 0 fully saturated rings. The summed E-state index contributed by atoms with van der Waals surface area (Å²) in [5, 5.41) is 18.7. The molecule has 23 heavy (non-hydrogen) atoms. The first-order chi connectivity index (χ1) is 10.5. The smallest absolute Gasteiger partial charge is 0.126 e. The SMILES string of the molecule is CCOc1c(C(C)(C)C)cc(CCC(O)CO)cc1C(C)(C)C. The Morgan fingerprint density at radius 3 is 1.83 bits per heavy atom. The summed E-state index contributed by atoms with van der Waals surface area (Å²) in [5.74, 6) is 0.999. The zero-order valence-electron chi connectivity index (χ0n) is 15.9. The summed E-state index contributed by atoms with van der Waals surface area (Å²) in [4.78, 5) is 0. The fraction of sp³-hybridized carbons (Fsp3) is 0.700. The van der Waals surface area contributed by atoms with E-state index in [1.54, 1.807) is 0 Å². The highest BCUT2D eigenvalue weighted by atomic mass is 16.5. The van der Waals surface area contributed by atoms with Crippen molar-refractivity contribution in [2.45, 2.75) is 78.2 Å². The van der Waals surface area contributed by atoms with Crippen molar-refractivity contribution in [3.05, 3.63) is 28.8 Å². The average Bonchev–Trinajstić information content (AvgIpc) is 2.43. The molecule has 0 saturated carbocycles. The molecule has 0 radical (unpaired) electrons. The van der Waals surface area contributed by atoms with E-state index in [0.29, 0.717) is 13.0 Å². The third-order valence-corrected chi connectivity index (χ3v) is 4.03. The summed E-state index contributed by atoms with van der Waals surface area (Å²) in [6, 6.07) is 4.40. The Bertz CT molecular complexity index is 472. The summed E-state index contributed by atoms with van der Waals surface area (Å²) in [7, 11) is 0. The second-order valence-electron chi connectivity index (χ2n) is 8.33. The molecule has 0 aliphatic carbocycles. The highest BCUT2D eigenvalue weighted by Gasteiger charge is 2.27. The number of hydrogen-bond acceptors (Lipinski definition) is 3. The zero-order valence-corrected chi connectivity index (χ0v) is 15.9. The van der Waals surface area contributed by atoms with Crippen molar-refractivity contribution in [1.82, 2.24) is 0 Å². The van der Waals surface area contributed by atoms with E-state index in [4.69, 9.17) is 9.84 Å². The first-order valence-electron chi connectivity index (χ1n) is 8.60. The lowest BCUT2D eigenvalue weighted by atomic mass is 9.78. The van der Waals surface area contributed by atoms with E-state index < -0.39 is 6.10 Å². The fourth-order valence-corrected chi connectivity index (χ4v) is 2.67. The third kappa shape index (κ3) is 5.50. The predicted molar refractivity (Wildman–Crippen MR) is 96.4 cm³/mol. The van der Waals surface area contributed by atoms with E-state index in [9.17, 15) is 5.11 Å². The van der Waals surface area contributed by atoms with Gasteiger partial charge in [0.1, 0.15) is 5.75 Å². The molecule has 0 aliphatic heterocycles. The first kappa shape index (κ1) is 20.0. The number of benzene rings is 1. The molecule has 1 rings (SSSR count). The Hall–Kier alpha value is -1.06. The molecule has 0 bridgehead atoms. The number of aliphatic hydroxyl groups is 2. The molecule has 2 N–H and O–H groups in total. The van der Waals surface area contributed by atoms with Crippen LogP contribution in [-0.2, 0) is 17.3 Å². The summed E-state index contributed by atoms with van der Waals surface area (Å²) in [5.41, 5.74) is 3.57. The van der Waals surface area contributed by atoms with Crippen LogP contribution in [0.2, 0.25) is 0 Å². The van der Waals surface area contributed by atoms with Crippen molar-refractivity contribution >= 4 is 0 Å². The highest BCUT2D eigenvalue weighted by molar-refractivity contribution is 5.51. The molecule has 1 atom stereocenters. The number of aliphatic hydroxyl groups excluding tert-OH is 2. The molecule has 0 heterocycles. The average molecular weight is 322 g/mol. The Morgan fingerprint density at radius 1 is 1.00 bits per heavy atom. The minimum Gasteiger partial charge on any atom is -0.493 e. The van der Waals surface area contributed by atoms with Crippen LogP contribution in [0.3, 0.4) is 0 Å². The number of ether oxygens (including phenoxy) is 1. The molecule has 3 nitrogen and oxygen atoms in total. The fourth-order valence-electron chi connectivity index (χ4n) is 2.67. The summed E-state index contributed by atoms with van der Waals surface area (Å²) < 4.78 is 6.03. The van der Waals surface area contributed by atoms with Crippen molar-refractivity contribution < 1.29 is 14.9 Å². The van der Waals surface area contributed by atoms with Gasteiger partial charge in [0, 0.05) is 11.1 Å². The highest BCUT2D eigenvalue weighted by Crippen LogP contribution is 2.41. The van der Waals surface area contributed by atoms with Gasteiger partial charge in [-0.3, -0.25) is 0 Å². The zero-order chi connectivity index (χ0) is 17.8. The monoisotopic (exact) mass is 322 g/mol. The van der Waals surface area contributed by atoms with Crippen molar-refractivity contribution in [1.29, 1.82) is 0 Å². The van der Waals surface area contributed by atoms with Gasteiger partial charge in [0.25, 0.3) is 0 Å². The van der Waals surface area contributed by atoms with Crippen LogP contribution in [0.1, 0.15) is 71.6 Å². The normalized spacial score (nSPS) is 14.0. The van der Waals surface area contributed by atoms with Crippen LogP contribution in [-0.4, -0.2) is 29.5 Å². The Balaban J connectivity index is 3.40. The largest absolute Gasteiger partial charge is 0.493 e. The van der Waals surface area contributed by atoms with Gasteiger partial charge in [-0.05, 0) is 36.2 Å². The molecule has 1 unspecified atom stereocenters. The van der Waals surface area contributed by atoms with Gasteiger partial charge in [0.15, 0.2) is 0 Å². The lowest BCUT2D eigenvalue weighted by Gasteiger charge is -2.30. The maximum absolute atomic E-state index is 9.64. The molecule has 3 heteroatoms. The Labute approximate surface area is 141 Å². The van der Waals surface area contributed by atoms with Crippen LogP contribution >= 0.6 is 0 Å². The van der Waals surface area contributed by atoms with Gasteiger partial charge in [-0.25, -0.2) is 0 Å². The van der Waals surface area contributed by atoms with E-state index in [2.05, 4.69) is 53.7 Å². The maximum atomic E-state index is 9.64. The Kier molecular flexibility index (Phi) is 6.67. The van der Waals surface area contributed by atoms with Gasteiger partial charge < -0.3 is 14.9 Å². The summed E-state index contributed by atoms with van der Waals surface area (Å²) >= 11 is 0. The summed E-state index contributed by atoms with van der Waals surface area (Å²) in [6.07, 6.45) is 0.663. The minimum absolute atomic E-state index is 0.0178. The van der Waals surface area contributed by atoms with E-state index in [1.165, 1.54) is 16.7 Å². The molecule has 132 valence electrons. The second kappa shape index (κ2) is 7.67. The van der Waals surface area contributed by atoms with E-state index in [-0.39, 0.29) is 17.4 Å². The molecule has 0 aromatic heterocycles. The number of rotatable bonds is 6.